The number of carbonyl (C=O) groups is 1. The maximum atomic E-state index is 11.5. The molecule has 0 radical (unpaired) electrons. The van der Waals surface area contributed by atoms with Crippen molar-refractivity contribution in [1.29, 1.82) is 0 Å². The van der Waals surface area contributed by atoms with Crippen LogP contribution in [0.4, 0.5) is 10.5 Å². The second-order valence-corrected chi connectivity index (χ2v) is 3.60. The lowest BCUT2D eigenvalue weighted by molar-refractivity contribution is 0.198. The monoisotopic (exact) mass is 251 g/mol. The van der Waals surface area contributed by atoms with Crippen molar-refractivity contribution < 1.29 is 13.9 Å². The lowest BCUT2D eigenvalue weighted by atomic mass is 10.3. The normalized spacial score (nSPS) is 10.5. The van der Waals surface area contributed by atoms with Crippen molar-refractivity contribution in [3.8, 4) is 0 Å². The van der Waals surface area contributed by atoms with E-state index < -0.39 is 5.76 Å². The third-order valence-corrected chi connectivity index (χ3v) is 2.27. The van der Waals surface area contributed by atoms with E-state index in [2.05, 4.69) is 15.6 Å². The average Bonchev–Trinajstić information content (AvgIpc) is 2.69. The van der Waals surface area contributed by atoms with Gasteiger partial charge in [-0.05, 0) is 18.2 Å². The molecule has 0 fully saturated rings. The van der Waals surface area contributed by atoms with Crippen molar-refractivity contribution >= 4 is 22.8 Å². The number of hydrogen-bond donors (Lipinski definition) is 3. The summed E-state index contributed by atoms with van der Waals surface area (Å²) in [5.74, 6) is -0.522. The van der Waals surface area contributed by atoms with Crippen LogP contribution in [-0.2, 0) is 4.74 Å². The van der Waals surface area contributed by atoms with Crippen LogP contribution in [0.3, 0.4) is 0 Å². The zero-order valence-electron chi connectivity index (χ0n) is 9.78. The molecule has 2 aromatic rings. The fourth-order valence-electron chi connectivity index (χ4n) is 1.47. The topological polar surface area (TPSA) is 96.4 Å². The number of hydrogen-bond acceptors (Lipinski definition) is 4. The SMILES string of the molecule is COCCNC(=O)Nc1ccc2oc(=O)[nH]c2c1. The van der Waals surface area contributed by atoms with E-state index in [4.69, 9.17) is 9.15 Å². The zero-order chi connectivity index (χ0) is 13.0. The molecule has 1 aromatic heterocycles. The second kappa shape index (κ2) is 5.37. The minimum absolute atomic E-state index is 0.336. The molecule has 2 rings (SSSR count). The van der Waals surface area contributed by atoms with Gasteiger partial charge in [0.25, 0.3) is 0 Å². The summed E-state index contributed by atoms with van der Waals surface area (Å²) in [5, 5.41) is 5.25. The predicted octanol–water partition coefficient (Wildman–Crippen LogP) is 0.889. The van der Waals surface area contributed by atoms with Gasteiger partial charge in [0.05, 0.1) is 12.1 Å². The highest BCUT2D eigenvalue weighted by Gasteiger charge is 2.04. The molecular formula is C11H13N3O4. The maximum Gasteiger partial charge on any atom is 0.417 e. The third kappa shape index (κ3) is 2.89. The lowest BCUT2D eigenvalue weighted by Crippen LogP contribution is -2.31. The first-order chi connectivity index (χ1) is 8.69. The van der Waals surface area contributed by atoms with E-state index >= 15 is 0 Å². The van der Waals surface area contributed by atoms with Crippen LogP contribution in [0.25, 0.3) is 11.1 Å². The Morgan fingerprint density at radius 2 is 2.33 bits per heavy atom. The minimum Gasteiger partial charge on any atom is -0.408 e. The van der Waals surface area contributed by atoms with Crippen LogP contribution < -0.4 is 16.4 Å². The van der Waals surface area contributed by atoms with Crippen LogP contribution in [0.1, 0.15) is 0 Å². The number of nitrogens with one attached hydrogen (secondary N) is 3. The molecule has 0 bridgehead atoms. The first kappa shape index (κ1) is 12.2. The number of urea groups is 1. The van der Waals surface area contributed by atoms with Crippen LogP contribution in [0.5, 0.6) is 0 Å². The van der Waals surface area contributed by atoms with Crippen LogP contribution >= 0.6 is 0 Å². The molecule has 0 atom stereocenters. The molecule has 1 heterocycles. The number of aromatic nitrogens is 1. The molecule has 0 spiro atoms. The standard InChI is InChI=1S/C11H13N3O4/c1-17-5-4-12-10(15)13-7-2-3-9-8(6-7)14-11(16)18-9/h2-3,6H,4-5H2,1H3,(H,14,16)(H2,12,13,15). The van der Waals surface area contributed by atoms with Crippen molar-refractivity contribution in [2.24, 2.45) is 0 Å². The number of oxazole rings is 1. The summed E-state index contributed by atoms with van der Waals surface area (Å²) in [4.78, 5) is 24.9. The van der Waals surface area contributed by atoms with Crippen molar-refractivity contribution in [2.45, 2.75) is 0 Å². The van der Waals surface area contributed by atoms with Gasteiger partial charge in [0.15, 0.2) is 5.58 Å². The van der Waals surface area contributed by atoms with Crippen LogP contribution in [0.2, 0.25) is 0 Å². The Labute approximate surface area is 102 Å². The van der Waals surface area contributed by atoms with Crippen molar-refractivity contribution in [3.63, 3.8) is 0 Å². The summed E-state index contributed by atoms with van der Waals surface area (Å²) in [5.41, 5.74) is 1.55. The molecule has 2 amide bonds. The third-order valence-electron chi connectivity index (χ3n) is 2.27. The fraction of sp³-hybridized carbons (Fsp3) is 0.273. The van der Waals surface area contributed by atoms with Crippen molar-refractivity contribution in [3.05, 3.63) is 28.7 Å². The van der Waals surface area contributed by atoms with Crippen LogP contribution in [-0.4, -0.2) is 31.3 Å². The number of methoxy groups -OCH3 is 1. The highest BCUT2D eigenvalue weighted by molar-refractivity contribution is 5.91. The first-order valence-electron chi connectivity index (χ1n) is 5.36. The second-order valence-electron chi connectivity index (χ2n) is 3.60. The number of H-pyrrole nitrogens is 1. The van der Waals surface area contributed by atoms with E-state index in [0.29, 0.717) is 29.9 Å². The van der Waals surface area contributed by atoms with E-state index in [-0.39, 0.29) is 6.03 Å². The molecule has 1 aromatic carbocycles. The largest absolute Gasteiger partial charge is 0.417 e. The van der Waals surface area contributed by atoms with Crippen LogP contribution in [0, 0.1) is 0 Å². The predicted molar refractivity (Wildman–Crippen MR) is 65.7 cm³/mol. The number of benzene rings is 1. The van der Waals surface area contributed by atoms with E-state index in [9.17, 15) is 9.59 Å². The molecule has 0 aliphatic rings. The molecule has 0 saturated heterocycles. The Morgan fingerprint density at radius 3 is 3.11 bits per heavy atom. The molecular weight excluding hydrogens is 238 g/mol. The van der Waals surface area contributed by atoms with Crippen molar-refractivity contribution in [2.75, 3.05) is 25.6 Å². The van der Waals surface area contributed by atoms with Gasteiger partial charge in [0, 0.05) is 19.3 Å². The summed E-state index contributed by atoms with van der Waals surface area (Å²) in [7, 11) is 1.56. The number of anilines is 1. The lowest BCUT2D eigenvalue weighted by Gasteiger charge is -2.06. The van der Waals surface area contributed by atoms with Gasteiger partial charge in [-0.15, -0.1) is 0 Å². The van der Waals surface area contributed by atoms with E-state index in [0.717, 1.165) is 0 Å². The van der Waals surface area contributed by atoms with Crippen molar-refractivity contribution in [1.82, 2.24) is 10.3 Å². The van der Waals surface area contributed by atoms with Gasteiger partial charge in [-0.2, -0.15) is 0 Å². The number of aromatic amines is 1. The van der Waals surface area contributed by atoms with Gasteiger partial charge in [-0.1, -0.05) is 0 Å². The van der Waals surface area contributed by atoms with Gasteiger partial charge in [0.1, 0.15) is 0 Å². The Morgan fingerprint density at radius 1 is 1.50 bits per heavy atom. The molecule has 7 nitrogen and oxygen atoms in total. The Bertz CT molecular complexity index is 602. The van der Waals surface area contributed by atoms with Gasteiger partial charge in [-0.3, -0.25) is 4.98 Å². The van der Waals surface area contributed by atoms with Gasteiger partial charge >= 0.3 is 11.8 Å². The number of fused-ring (bicyclic) bond motifs is 1. The van der Waals surface area contributed by atoms with E-state index in [1.165, 1.54) is 0 Å². The molecule has 0 unspecified atom stereocenters. The molecule has 0 aliphatic carbocycles. The Hall–Kier alpha value is -2.28. The molecule has 0 saturated carbocycles. The smallest absolute Gasteiger partial charge is 0.408 e. The quantitative estimate of drug-likeness (QED) is 0.703. The molecule has 0 aliphatic heterocycles. The summed E-state index contributed by atoms with van der Waals surface area (Å²) in [6.45, 7) is 0.870. The molecule has 3 N–H and O–H groups in total. The maximum absolute atomic E-state index is 11.5. The summed E-state index contributed by atoms with van der Waals surface area (Å²) < 4.78 is 9.66. The molecule has 18 heavy (non-hydrogen) atoms. The molecule has 7 heteroatoms. The Kier molecular flexibility index (Phi) is 3.63. The average molecular weight is 251 g/mol. The first-order valence-corrected chi connectivity index (χ1v) is 5.36. The summed E-state index contributed by atoms with van der Waals surface area (Å²) >= 11 is 0. The summed E-state index contributed by atoms with van der Waals surface area (Å²) in [6.07, 6.45) is 0. The zero-order valence-corrected chi connectivity index (χ0v) is 9.78. The Balaban J connectivity index is 2.02. The molecule has 96 valence electrons. The summed E-state index contributed by atoms with van der Waals surface area (Å²) in [6, 6.07) is 4.54. The minimum atomic E-state index is -0.522. The van der Waals surface area contributed by atoms with E-state index in [1.807, 2.05) is 0 Å². The van der Waals surface area contributed by atoms with E-state index in [1.54, 1.807) is 25.3 Å². The number of rotatable bonds is 4. The highest BCUT2D eigenvalue weighted by Crippen LogP contribution is 2.15. The van der Waals surface area contributed by atoms with Gasteiger partial charge in [-0.25, -0.2) is 9.59 Å². The number of carbonyl (C=O) groups excluding carboxylic acids is 1. The fourth-order valence-corrected chi connectivity index (χ4v) is 1.47. The van der Waals surface area contributed by atoms with Crippen LogP contribution in [0.15, 0.2) is 27.4 Å². The van der Waals surface area contributed by atoms with Gasteiger partial charge in [0.2, 0.25) is 0 Å². The number of amides is 2. The van der Waals surface area contributed by atoms with Gasteiger partial charge < -0.3 is 19.8 Å². The number of ether oxygens (including phenoxy) is 1. The highest BCUT2D eigenvalue weighted by atomic mass is 16.5.